The van der Waals surface area contributed by atoms with Crippen molar-refractivity contribution < 1.29 is 14.3 Å². The Kier molecular flexibility index (Phi) is 4.14. The summed E-state index contributed by atoms with van der Waals surface area (Å²) in [5.74, 6) is -0.713. The first kappa shape index (κ1) is 17.2. The Morgan fingerprint density at radius 2 is 2.07 bits per heavy atom. The quantitative estimate of drug-likeness (QED) is 0.432. The van der Waals surface area contributed by atoms with Crippen molar-refractivity contribution >= 4 is 40.2 Å². The summed E-state index contributed by atoms with van der Waals surface area (Å²) in [4.78, 5) is 34.5. The molecule has 0 aliphatic heterocycles. The van der Waals surface area contributed by atoms with Crippen LogP contribution in [0.15, 0.2) is 38.5 Å². The molecular formula is C20H19N3O4. The van der Waals surface area contributed by atoms with Crippen molar-refractivity contribution in [2.75, 3.05) is 14.1 Å². The molecule has 138 valence electrons. The third kappa shape index (κ3) is 3.05. The molecule has 3 aromatic rings. The number of rotatable bonds is 4. The zero-order valence-electron chi connectivity index (χ0n) is 15.1. The first-order chi connectivity index (χ1) is 12.9. The molecule has 7 heteroatoms. The predicted octanol–water partition coefficient (Wildman–Crippen LogP) is 3.53. The van der Waals surface area contributed by atoms with Crippen LogP contribution in [0.5, 0.6) is 0 Å². The minimum Gasteiger partial charge on any atom is -0.478 e. The van der Waals surface area contributed by atoms with E-state index in [9.17, 15) is 14.7 Å². The standard InChI is InChI=1S/C20H19N3O4/c1-23(2)10-21-18-15(20(25)26)9-14-17(24)13-8-12(11-4-3-5-11)6-7-16(13)27-19(14)22-18/h6-11H,3-5H2,1-2H3,(H,25,26). The van der Waals surface area contributed by atoms with Gasteiger partial charge < -0.3 is 14.4 Å². The first-order valence-electron chi connectivity index (χ1n) is 8.79. The largest absolute Gasteiger partial charge is 0.478 e. The number of fused-ring (bicyclic) bond motifs is 2. The summed E-state index contributed by atoms with van der Waals surface area (Å²) in [6.45, 7) is 0. The summed E-state index contributed by atoms with van der Waals surface area (Å²) >= 11 is 0. The molecule has 0 bridgehead atoms. The molecule has 2 aromatic heterocycles. The Labute approximate surface area is 155 Å². The molecule has 1 fully saturated rings. The molecule has 0 spiro atoms. The van der Waals surface area contributed by atoms with Crippen LogP contribution >= 0.6 is 0 Å². The molecule has 0 atom stereocenters. The number of hydrogen-bond acceptors (Lipinski definition) is 5. The summed E-state index contributed by atoms with van der Waals surface area (Å²) in [6, 6.07) is 6.94. The number of aromatic nitrogens is 1. The van der Waals surface area contributed by atoms with Gasteiger partial charge in [-0.15, -0.1) is 0 Å². The number of carboxylic acid groups (broad SMARTS) is 1. The van der Waals surface area contributed by atoms with Crippen molar-refractivity contribution in [3.63, 3.8) is 0 Å². The second kappa shape index (κ2) is 6.50. The predicted molar refractivity (Wildman–Crippen MR) is 103 cm³/mol. The van der Waals surface area contributed by atoms with Gasteiger partial charge in [-0.05, 0) is 42.5 Å². The molecule has 7 nitrogen and oxygen atoms in total. The molecule has 1 aliphatic carbocycles. The maximum atomic E-state index is 13.0. The Morgan fingerprint density at radius 3 is 2.70 bits per heavy atom. The van der Waals surface area contributed by atoms with Gasteiger partial charge in [-0.3, -0.25) is 4.79 Å². The summed E-state index contributed by atoms with van der Waals surface area (Å²) < 4.78 is 5.80. The normalized spacial score (nSPS) is 14.7. The molecule has 4 rings (SSSR count). The van der Waals surface area contributed by atoms with Crippen molar-refractivity contribution in [2.24, 2.45) is 4.99 Å². The number of carbonyl (C=O) groups is 1. The highest BCUT2D eigenvalue weighted by Crippen LogP contribution is 2.37. The number of benzene rings is 1. The van der Waals surface area contributed by atoms with Gasteiger partial charge in [0.25, 0.3) is 0 Å². The van der Waals surface area contributed by atoms with Gasteiger partial charge in [0.1, 0.15) is 11.1 Å². The second-order valence-electron chi connectivity index (χ2n) is 7.04. The molecule has 1 saturated carbocycles. The van der Waals surface area contributed by atoms with Gasteiger partial charge >= 0.3 is 5.97 Å². The Bertz CT molecular complexity index is 1140. The first-order valence-corrected chi connectivity index (χ1v) is 8.79. The fourth-order valence-electron chi connectivity index (χ4n) is 3.21. The van der Waals surface area contributed by atoms with Gasteiger partial charge in [-0.25, -0.2) is 9.79 Å². The van der Waals surface area contributed by atoms with E-state index in [4.69, 9.17) is 4.42 Å². The lowest BCUT2D eigenvalue weighted by atomic mass is 9.80. The van der Waals surface area contributed by atoms with Gasteiger partial charge in [0.15, 0.2) is 5.82 Å². The molecule has 1 aliphatic rings. The minimum absolute atomic E-state index is 0.00251. The van der Waals surface area contributed by atoms with E-state index in [1.54, 1.807) is 25.1 Å². The molecule has 0 unspecified atom stereocenters. The maximum Gasteiger partial charge on any atom is 0.339 e. The summed E-state index contributed by atoms with van der Waals surface area (Å²) in [6.07, 6.45) is 4.91. The van der Waals surface area contributed by atoms with Crippen molar-refractivity contribution in [2.45, 2.75) is 25.2 Å². The number of nitrogens with zero attached hydrogens (tertiary/aromatic N) is 3. The van der Waals surface area contributed by atoms with Crippen molar-refractivity contribution in [3.8, 4) is 0 Å². The van der Waals surface area contributed by atoms with Crippen LogP contribution in [-0.4, -0.2) is 41.4 Å². The summed E-state index contributed by atoms with van der Waals surface area (Å²) in [5, 5.41) is 10.1. The third-order valence-electron chi connectivity index (χ3n) is 4.88. The lowest BCUT2D eigenvalue weighted by Crippen LogP contribution is -2.11. The van der Waals surface area contributed by atoms with E-state index in [1.165, 1.54) is 18.8 Å². The summed E-state index contributed by atoms with van der Waals surface area (Å²) in [5.41, 5.74) is 1.24. The average Bonchev–Trinajstić information content (AvgIpc) is 2.58. The van der Waals surface area contributed by atoms with Crippen LogP contribution in [0.2, 0.25) is 0 Å². The van der Waals surface area contributed by atoms with E-state index in [1.807, 2.05) is 12.1 Å². The number of aromatic carboxylic acids is 1. The molecule has 0 radical (unpaired) electrons. The van der Waals surface area contributed by atoms with Gasteiger partial charge in [0.05, 0.1) is 17.1 Å². The van der Waals surface area contributed by atoms with Gasteiger partial charge in [-0.1, -0.05) is 12.5 Å². The van der Waals surface area contributed by atoms with Gasteiger partial charge in [-0.2, -0.15) is 4.98 Å². The molecule has 0 amide bonds. The van der Waals surface area contributed by atoms with Crippen LogP contribution in [0.3, 0.4) is 0 Å². The number of pyridine rings is 1. The van der Waals surface area contributed by atoms with Crippen LogP contribution in [-0.2, 0) is 0 Å². The van der Waals surface area contributed by atoms with E-state index in [-0.39, 0.29) is 27.9 Å². The Balaban J connectivity index is 1.95. The maximum absolute atomic E-state index is 13.0. The lowest BCUT2D eigenvalue weighted by molar-refractivity contribution is 0.0697. The van der Waals surface area contributed by atoms with E-state index in [0.29, 0.717) is 16.9 Å². The van der Waals surface area contributed by atoms with E-state index in [0.717, 1.165) is 18.4 Å². The van der Waals surface area contributed by atoms with Crippen molar-refractivity contribution in [3.05, 3.63) is 45.6 Å². The smallest absolute Gasteiger partial charge is 0.339 e. The molecule has 2 heterocycles. The van der Waals surface area contributed by atoms with Crippen molar-refractivity contribution in [1.29, 1.82) is 0 Å². The van der Waals surface area contributed by atoms with Crippen LogP contribution in [0.1, 0.15) is 41.1 Å². The fraction of sp³-hybridized carbons (Fsp3) is 0.300. The van der Waals surface area contributed by atoms with Crippen molar-refractivity contribution in [1.82, 2.24) is 9.88 Å². The SMILES string of the molecule is CN(C)C=Nc1nc2oc3ccc(C4CCC4)cc3c(=O)c2cc1C(=O)O. The minimum atomic E-state index is -1.20. The topological polar surface area (TPSA) is 96.0 Å². The van der Waals surface area contributed by atoms with Crippen LogP contribution in [0.25, 0.3) is 22.1 Å². The molecule has 27 heavy (non-hydrogen) atoms. The molecule has 0 saturated heterocycles. The van der Waals surface area contributed by atoms with Crippen LogP contribution < -0.4 is 5.43 Å². The second-order valence-corrected chi connectivity index (χ2v) is 7.04. The number of carboxylic acids is 1. The van der Waals surface area contributed by atoms with Crippen LogP contribution in [0, 0.1) is 0 Å². The number of hydrogen-bond donors (Lipinski definition) is 1. The fourth-order valence-corrected chi connectivity index (χ4v) is 3.21. The molecular weight excluding hydrogens is 346 g/mol. The van der Waals surface area contributed by atoms with Gasteiger partial charge in [0.2, 0.25) is 11.1 Å². The Hall–Kier alpha value is -3.22. The molecule has 1 N–H and O–H groups in total. The highest BCUT2D eigenvalue weighted by Gasteiger charge is 2.21. The lowest BCUT2D eigenvalue weighted by Gasteiger charge is -2.25. The number of aliphatic imine (C=N–C) groups is 1. The zero-order valence-corrected chi connectivity index (χ0v) is 15.1. The van der Waals surface area contributed by atoms with Gasteiger partial charge in [0, 0.05) is 14.1 Å². The summed E-state index contributed by atoms with van der Waals surface area (Å²) in [7, 11) is 3.52. The highest BCUT2D eigenvalue weighted by atomic mass is 16.4. The zero-order chi connectivity index (χ0) is 19.1. The van der Waals surface area contributed by atoms with E-state index >= 15 is 0 Å². The highest BCUT2D eigenvalue weighted by molar-refractivity contribution is 5.98. The monoisotopic (exact) mass is 365 g/mol. The van der Waals surface area contributed by atoms with E-state index < -0.39 is 5.97 Å². The molecule has 1 aromatic carbocycles. The third-order valence-corrected chi connectivity index (χ3v) is 4.88. The van der Waals surface area contributed by atoms with E-state index in [2.05, 4.69) is 9.98 Å². The van der Waals surface area contributed by atoms with Crippen LogP contribution in [0.4, 0.5) is 5.82 Å². The average molecular weight is 365 g/mol. The Morgan fingerprint density at radius 1 is 1.30 bits per heavy atom.